The first-order chi connectivity index (χ1) is 8.79. The predicted molar refractivity (Wildman–Crippen MR) is 78.5 cm³/mol. The number of rotatable bonds is 1. The van der Waals surface area contributed by atoms with Crippen LogP contribution in [0.15, 0.2) is 12.1 Å². The van der Waals surface area contributed by atoms with E-state index >= 15 is 0 Å². The van der Waals surface area contributed by atoms with Gasteiger partial charge in [0.1, 0.15) is 19.5 Å². The van der Waals surface area contributed by atoms with Crippen molar-refractivity contribution in [2.45, 2.75) is 26.3 Å². The molecule has 1 aromatic carbocycles. The molecule has 2 rings (SSSR count). The average Bonchev–Trinajstić information content (AvgIpc) is 2.31. The zero-order chi connectivity index (χ0) is 14.4. The molecule has 0 unspecified atom stereocenters. The van der Waals surface area contributed by atoms with E-state index in [0.29, 0.717) is 28.7 Å². The van der Waals surface area contributed by atoms with Gasteiger partial charge in [0.15, 0.2) is 6.29 Å². The van der Waals surface area contributed by atoms with Gasteiger partial charge in [-0.25, -0.2) is 0 Å². The Morgan fingerprint density at radius 3 is 2.63 bits per heavy atom. The first-order valence-electron chi connectivity index (χ1n) is 5.89. The van der Waals surface area contributed by atoms with Crippen molar-refractivity contribution in [1.82, 2.24) is 0 Å². The third-order valence-corrected chi connectivity index (χ3v) is 3.19. The number of amidine groups is 2. The molecular weight excluding hydrogens is 239 g/mol. The van der Waals surface area contributed by atoms with Gasteiger partial charge in [0.25, 0.3) is 0 Å². The van der Waals surface area contributed by atoms with Crippen LogP contribution in [0.3, 0.4) is 0 Å². The molecule has 0 saturated heterocycles. The largest absolute Gasteiger partial charge is 0.371 e. The van der Waals surface area contributed by atoms with E-state index < -0.39 is 5.54 Å². The van der Waals surface area contributed by atoms with Crippen LogP contribution in [-0.2, 0) is 0 Å². The Bertz CT molecular complexity index is 595. The van der Waals surface area contributed by atoms with Gasteiger partial charge in [-0.1, -0.05) is 11.5 Å². The summed E-state index contributed by atoms with van der Waals surface area (Å²) in [6.07, 6.45) is 0.664. The highest BCUT2D eigenvalue weighted by Gasteiger charge is 2.37. The lowest BCUT2D eigenvalue weighted by Gasteiger charge is -2.42. The molecule has 1 heterocycles. The summed E-state index contributed by atoms with van der Waals surface area (Å²) >= 11 is 0. The van der Waals surface area contributed by atoms with Crippen LogP contribution in [0.25, 0.3) is 0 Å². The molecule has 19 heavy (non-hydrogen) atoms. The lowest BCUT2D eigenvalue weighted by molar-refractivity contribution is 0.112. The molecule has 0 aromatic heterocycles. The van der Waals surface area contributed by atoms with Crippen molar-refractivity contribution in [3.63, 3.8) is 0 Å². The summed E-state index contributed by atoms with van der Waals surface area (Å²) < 4.78 is 0. The number of carbonyl (C=O) groups excluding carboxylic acids is 1. The van der Waals surface area contributed by atoms with Gasteiger partial charge < -0.3 is 5.32 Å². The molecule has 0 bridgehead atoms. The number of anilines is 2. The first kappa shape index (κ1) is 13.3. The van der Waals surface area contributed by atoms with Gasteiger partial charge in [-0.3, -0.25) is 20.5 Å². The Hall–Kier alpha value is -2.11. The SMILES string of the molecule is [B]c1ccc2c(c1C=O)N(C(C)=N)C(=N)C(C)(C)N2. The molecule has 5 nitrogen and oxygen atoms in total. The minimum Gasteiger partial charge on any atom is -0.371 e. The first-order valence-corrected chi connectivity index (χ1v) is 5.89. The monoisotopic (exact) mass is 254 g/mol. The van der Waals surface area contributed by atoms with E-state index in [2.05, 4.69) is 5.32 Å². The van der Waals surface area contributed by atoms with Crippen molar-refractivity contribution in [2.75, 3.05) is 10.2 Å². The van der Waals surface area contributed by atoms with Crippen LogP contribution in [0.4, 0.5) is 11.4 Å². The summed E-state index contributed by atoms with van der Waals surface area (Å²) in [6, 6.07) is 3.42. The van der Waals surface area contributed by atoms with Crippen molar-refractivity contribution in [1.29, 1.82) is 10.8 Å². The Balaban J connectivity index is 2.78. The van der Waals surface area contributed by atoms with E-state index in [1.165, 1.54) is 4.90 Å². The van der Waals surface area contributed by atoms with E-state index in [0.717, 1.165) is 0 Å². The Morgan fingerprint density at radius 2 is 2.11 bits per heavy atom. The third-order valence-electron chi connectivity index (χ3n) is 3.19. The normalized spacial score (nSPS) is 16.6. The molecule has 0 spiro atoms. The fourth-order valence-electron chi connectivity index (χ4n) is 2.21. The van der Waals surface area contributed by atoms with Crippen molar-refractivity contribution < 1.29 is 4.79 Å². The van der Waals surface area contributed by atoms with Crippen LogP contribution in [0.2, 0.25) is 0 Å². The van der Waals surface area contributed by atoms with Crippen LogP contribution in [0.1, 0.15) is 31.1 Å². The van der Waals surface area contributed by atoms with Crippen LogP contribution in [0, 0.1) is 10.8 Å². The maximum atomic E-state index is 11.3. The summed E-state index contributed by atoms with van der Waals surface area (Å²) in [5, 5.41) is 19.3. The minimum atomic E-state index is -0.619. The molecular formula is C13H15BN4O. The molecule has 6 heteroatoms. The molecule has 1 aliphatic rings. The van der Waals surface area contributed by atoms with Crippen molar-refractivity contribution in [2.24, 2.45) is 0 Å². The van der Waals surface area contributed by atoms with Crippen molar-refractivity contribution in [3.05, 3.63) is 17.7 Å². The molecule has 0 atom stereocenters. The predicted octanol–water partition coefficient (Wildman–Crippen LogP) is 1.28. The highest BCUT2D eigenvalue weighted by molar-refractivity contribution is 6.38. The van der Waals surface area contributed by atoms with Crippen LogP contribution >= 0.6 is 0 Å². The molecule has 0 aliphatic carbocycles. The van der Waals surface area contributed by atoms with Gasteiger partial charge >= 0.3 is 0 Å². The average molecular weight is 254 g/mol. The fraction of sp³-hybridized carbons (Fsp3) is 0.308. The molecule has 0 saturated carbocycles. The smallest absolute Gasteiger partial charge is 0.151 e. The van der Waals surface area contributed by atoms with E-state index in [9.17, 15) is 4.79 Å². The summed E-state index contributed by atoms with van der Waals surface area (Å²) in [5.41, 5.74) is 1.20. The van der Waals surface area contributed by atoms with E-state index in [4.69, 9.17) is 18.7 Å². The lowest BCUT2D eigenvalue weighted by Crippen LogP contribution is -2.55. The standard InChI is InChI=1S/C13H15BN4O/c1-7(15)18-11-8(6-19)9(14)4-5-10(11)17-13(2,3)12(18)16/h4-6,15-17H,1-3H3. The Kier molecular flexibility index (Phi) is 2.96. The lowest BCUT2D eigenvalue weighted by atomic mass is 9.86. The second-order valence-corrected chi connectivity index (χ2v) is 5.10. The van der Waals surface area contributed by atoms with E-state index in [1.807, 2.05) is 13.8 Å². The van der Waals surface area contributed by atoms with Gasteiger partial charge in [0.2, 0.25) is 0 Å². The van der Waals surface area contributed by atoms with Gasteiger partial charge in [0, 0.05) is 5.56 Å². The third kappa shape index (κ3) is 1.93. The van der Waals surface area contributed by atoms with Crippen LogP contribution in [0.5, 0.6) is 0 Å². The molecule has 0 amide bonds. The molecule has 96 valence electrons. The van der Waals surface area contributed by atoms with Crippen molar-refractivity contribution >= 4 is 42.6 Å². The zero-order valence-electron chi connectivity index (χ0n) is 11.2. The summed E-state index contributed by atoms with van der Waals surface area (Å²) in [4.78, 5) is 12.7. The maximum Gasteiger partial charge on any atom is 0.151 e. The number of hydrogen-bond donors (Lipinski definition) is 3. The molecule has 2 radical (unpaired) electrons. The second-order valence-electron chi connectivity index (χ2n) is 5.10. The molecule has 1 aromatic rings. The highest BCUT2D eigenvalue weighted by atomic mass is 16.1. The van der Waals surface area contributed by atoms with E-state index in [-0.39, 0.29) is 11.7 Å². The zero-order valence-corrected chi connectivity index (χ0v) is 11.2. The van der Waals surface area contributed by atoms with Gasteiger partial charge in [0.05, 0.1) is 16.9 Å². The molecule has 1 aliphatic heterocycles. The summed E-state index contributed by atoms with van der Waals surface area (Å²) in [5.74, 6) is 0.385. The molecule has 0 fully saturated rings. The number of fused-ring (bicyclic) bond motifs is 1. The minimum absolute atomic E-state index is 0.175. The number of nitrogens with one attached hydrogen (secondary N) is 3. The van der Waals surface area contributed by atoms with Gasteiger partial charge in [-0.15, -0.1) is 0 Å². The van der Waals surface area contributed by atoms with Crippen LogP contribution < -0.4 is 15.7 Å². The van der Waals surface area contributed by atoms with Gasteiger partial charge in [-0.2, -0.15) is 0 Å². The van der Waals surface area contributed by atoms with E-state index in [1.54, 1.807) is 19.1 Å². The number of hydrogen-bond acceptors (Lipinski definition) is 4. The molecule has 3 N–H and O–H groups in total. The van der Waals surface area contributed by atoms with Crippen LogP contribution in [-0.4, -0.2) is 31.3 Å². The number of nitrogens with zero attached hydrogens (tertiary/aromatic N) is 1. The highest BCUT2D eigenvalue weighted by Crippen LogP contribution is 2.36. The summed E-state index contributed by atoms with van der Waals surface area (Å²) in [6.45, 7) is 5.29. The topological polar surface area (TPSA) is 80.0 Å². The Labute approximate surface area is 113 Å². The fourth-order valence-corrected chi connectivity index (χ4v) is 2.21. The number of benzene rings is 1. The quantitative estimate of drug-likeness (QED) is 0.305. The Morgan fingerprint density at radius 1 is 1.47 bits per heavy atom. The van der Waals surface area contributed by atoms with Gasteiger partial charge in [-0.05, 0) is 26.8 Å². The summed E-state index contributed by atoms with van der Waals surface area (Å²) in [7, 11) is 5.80. The number of carbonyl (C=O) groups is 1. The second kappa shape index (κ2) is 4.22. The number of aldehydes is 1. The van der Waals surface area contributed by atoms with Crippen molar-refractivity contribution in [3.8, 4) is 0 Å². The maximum absolute atomic E-state index is 11.3.